The third-order valence-corrected chi connectivity index (χ3v) is 3.66. The molecular weight excluding hydrogens is 280 g/mol. The Hall–Kier alpha value is -1.16. The van der Waals surface area contributed by atoms with E-state index in [0.29, 0.717) is 19.3 Å². The number of allylic oxidation sites excluding steroid dienone is 1. The molecule has 4 nitrogen and oxygen atoms in total. The number of ketones is 1. The van der Waals surface area contributed by atoms with E-state index in [0.717, 1.165) is 44.9 Å². The minimum Gasteiger partial charge on any atom is -0.464 e. The van der Waals surface area contributed by atoms with Gasteiger partial charge >= 0.3 is 0 Å². The lowest BCUT2D eigenvalue weighted by Crippen LogP contribution is -2.13. The summed E-state index contributed by atoms with van der Waals surface area (Å²) in [6.07, 6.45) is 11.2. The van der Waals surface area contributed by atoms with Crippen LogP contribution in [0.4, 0.5) is 0 Å². The Morgan fingerprint density at radius 2 is 1.73 bits per heavy atom. The maximum absolute atomic E-state index is 11.7. The first-order valence-electron chi connectivity index (χ1n) is 8.60. The molecule has 4 heteroatoms. The molecule has 0 saturated carbocycles. The average molecular weight is 312 g/mol. The first-order chi connectivity index (χ1) is 10.6. The highest BCUT2D eigenvalue weighted by atomic mass is 16.5. The van der Waals surface area contributed by atoms with E-state index >= 15 is 0 Å². The van der Waals surface area contributed by atoms with Crippen LogP contribution in [0.5, 0.6) is 0 Å². The van der Waals surface area contributed by atoms with Crippen LogP contribution >= 0.6 is 0 Å². The zero-order valence-electron chi connectivity index (χ0n) is 14.1. The van der Waals surface area contributed by atoms with Crippen LogP contribution in [-0.4, -0.2) is 29.6 Å². The summed E-state index contributed by atoms with van der Waals surface area (Å²) in [5.74, 6) is -0.0672. The van der Waals surface area contributed by atoms with E-state index in [9.17, 15) is 14.7 Å². The van der Waals surface area contributed by atoms with Crippen molar-refractivity contribution in [1.29, 1.82) is 0 Å². The number of unbranched alkanes of at least 4 members (excludes halogenated alkanes) is 4. The summed E-state index contributed by atoms with van der Waals surface area (Å²) in [5, 5.41) is 9.76. The van der Waals surface area contributed by atoms with Crippen molar-refractivity contribution >= 4 is 12.3 Å². The summed E-state index contributed by atoms with van der Waals surface area (Å²) < 4.78 is 5.02. The van der Waals surface area contributed by atoms with E-state index in [4.69, 9.17) is 4.74 Å². The van der Waals surface area contributed by atoms with Crippen LogP contribution in [0, 0.1) is 0 Å². The van der Waals surface area contributed by atoms with Crippen LogP contribution < -0.4 is 0 Å². The highest BCUT2D eigenvalue weighted by Crippen LogP contribution is 2.11. The second-order valence-electron chi connectivity index (χ2n) is 5.81. The maximum atomic E-state index is 11.7. The van der Waals surface area contributed by atoms with E-state index in [-0.39, 0.29) is 18.3 Å². The summed E-state index contributed by atoms with van der Waals surface area (Å²) in [6, 6.07) is 0. The van der Waals surface area contributed by atoms with Gasteiger partial charge in [0.15, 0.2) is 5.78 Å². The quantitative estimate of drug-likeness (QED) is 0.282. The van der Waals surface area contributed by atoms with Gasteiger partial charge < -0.3 is 9.84 Å². The number of carbonyl (C=O) groups is 2. The summed E-state index contributed by atoms with van der Waals surface area (Å²) in [5.41, 5.74) is 0. The fraction of sp³-hybridized carbons (Fsp3) is 0.778. The average Bonchev–Trinajstić information content (AvgIpc) is 2.47. The highest BCUT2D eigenvalue weighted by molar-refractivity contribution is 5.89. The Morgan fingerprint density at radius 3 is 2.32 bits per heavy atom. The van der Waals surface area contributed by atoms with E-state index < -0.39 is 6.10 Å². The first-order valence-corrected chi connectivity index (χ1v) is 8.60. The number of ether oxygens (including phenoxy) is 1. The second kappa shape index (κ2) is 14.8. The molecule has 0 aliphatic carbocycles. The molecule has 0 radical (unpaired) electrons. The molecule has 0 unspecified atom stereocenters. The zero-order valence-corrected chi connectivity index (χ0v) is 14.1. The van der Waals surface area contributed by atoms with Crippen molar-refractivity contribution < 1.29 is 19.4 Å². The van der Waals surface area contributed by atoms with Gasteiger partial charge in [0.05, 0.1) is 6.10 Å². The molecule has 0 aromatic rings. The molecule has 22 heavy (non-hydrogen) atoms. The third kappa shape index (κ3) is 12.6. The van der Waals surface area contributed by atoms with Crippen LogP contribution in [0.2, 0.25) is 0 Å². The molecule has 0 bridgehead atoms. The Bertz CT molecular complexity index is 312. The highest BCUT2D eigenvalue weighted by Gasteiger charge is 2.10. The minimum atomic E-state index is -0.546. The molecule has 0 aromatic carbocycles. The van der Waals surface area contributed by atoms with Gasteiger partial charge in [-0.2, -0.15) is 0 Å². The van der Waals surface area contributed by atoms with Crippen LogP contribution in [-0.2, 0) is 14.3 Å². The lowest BCUT2D eigenvalue weighted by molar-refractivity contribution is -0.133. The topological polar surface area (TPSA) is 63.6 Å². The number of aliphatic hydroxyl groups is 1. The van der Waals surface area contributed by atoms with Gasteiger partial charge in [-0.3, -0.25) is 9.59 Å². The van der Waals surface area contributed by atoms with Gasteiger partial charge in [-0.15, -0.1) is 0 Å². The first kappa shape index (κ1) is 20.8. The predicted octanol–water partition coefficient (Wildman–Crippen LogP) is 3.96. The van der Waals surface area contributed by atoms with E-state index in [1.165, 1.54) is 6.08 Å². The largest absolute Gasteiger partial charge is 0.464 e. The molecule has 128 valence electrons. The predicted molar refractivity (Wildman–Crippen MR) is 88.6 cm³/mol. The zero-order chi connectivity index (χ0) is 16.6. The summed E-state index contributed by atoms with van der Waals surface area (Å²) in [6.45, 7) is 4.71. The third-order valence-electron chi connectivity index (χ3n) is 3.66. The Balaban J connectivity index is 3.98. The number of rotatable bonds is 15. The van der Waals surface area contributed by atoms with Crippen molar-refractivity contribution in [1.82, 2.24) is 0 Å². The Kier molecular flexibility index (Phi) is 14.0. The van der Waals surface area contributed by atoms with Crippen molar-refractivity contribution in [3.63, 3.8) is 0 Å². The van der Waals surface area contributed by atoms with Gasteiger partial charge in [0.1, 0.15) is 6.10 Å². The number of hydrogen-bond acceptors (Lipinski definition) is 4. The van der Waals surface area contributed by atoms with Gasteiger partial charge in [0.2, 0.25) is 0 Å². The molecular formula is C18H32O4. The van der Waals surface area contributed by atoms with Gasteiger partial charge in [-0.25, -0.2) is 0 Å². The molecule has 0 aliphatic rings. The van der Waals surface area contributed by atoms with Crippen molar-refractivity contribution in [2.75, 3.05) is 0 Å². The molecule has 1 N–H and O–H groups in total. The standard InChI is InChI=1S/C18H32O4/c1-3-5-7-10-16(20)14-17(21)11-9-13-18(22-15-19)12-8-6-4-2/h9,11,15-16,18,20H,3-8,10,12-14H2,1-2H3/b11-9+/t16-,18+/m0/s1. The van der Waals surface area contributed by atoms with Crippen molar-refractivity contribution in [2.24, 2.45) is 0 Å². The van der Waals surface area contributed by atoms with Gasteiger partial charge in [-0.05, 0) is 25.3 Å². The SMILES string of the molecule is CCCCC[C@H](O)CC(=O)/C=C/C[C@@H](CCCCC)OC=O. The molecule has 0 amide bonds. The van der Waals surface area contributed by atoms with E-state index in [2.05, 4.69) is 13.8 Å². The summed E-state index contributed by atoms with van der Waals surface area (Å²) in [4.78, 5) is 22.2. The monoisotopic (exact) mass is 312 g/mol. The van der Waals surface area contributed by atoms with Gasteiger partial charge in [0, 0.05) is 12.8 Å². The Labute approximate surface area is 134 Å². The van der Waals surface area contributed by atoms with Gasteiger partial charge in [0.25, 0.3) is 6.47 Å². The lowest BCUT2D eigenvalue weighted by Gasteiger charge is -2.12. The van der Waals surface area contributed by atoms with E-state index in [1.54, 1.807) is 6.08 Å². The molecule has 2 atom stereocenters. The van der Waals surface area contributed by atoms with Gasteiger partial charge in [-0.1, -0.05) is 52.0 Å². The number of aliphatic hydroxyl groups excluding tert-OH is 1. The second-order valence-corrected chi connectivity index (χ2v) is 5.81. The minimum absolute atomic E-state index is 0.0672. The van der Waals surface area contributed by atoms with Crippen molar-refractivity contribution in [3.05, 3.63) is 12.2 Å². The molecule has 0 saturated heterocycles. The number of hydrogen-bond donors (Lipinski definition) is 1. The molecule has 0 aliphatic heterocycles. The van der Waals surface area contributed by atoms with Crippen LogP contribution in [0.3, 0.4) is 0 Å². The molecule has 0 spiro atoms. The summed E-state index contributed by atoms with van der Waals surface area (Å²) in [7, 11) is 0. The normalized spacial score (nSPS) is 14.0. The van der Waals surface area contributed by atoms with Crippen molar-refractivity contribution in [2.45, 2.75) is 90.3 Å². The fourth-order valence-electron chi connectivity index (χ4n) is 2.33. The van der Waals surface area contributed by atoms with E-state index in [1.807, 2.05) is 0 Å². The molecule has 0 aromatic heterocycles. The van der Waals surface area contributed by atoms with Crippen LogP contribution in [0.15, 0.2) is 12.2 Å². The maximum Gasteiger partial charge on any atom is 0.293 e. The van der Waals surface area contributed by atoms with Crippen molar-refractivity contribution in [3.8, 4) is 0 Å². The fourth-order valence-corrected chi connectivity index (χ4v) is 2.33. The van der Waals surface area contributed by atoms with Crippen LogP contribution in [0.25, 0.3) is 0 Å². The molecule has 0 rings (SSSR count). The molecule has 0 heterocycles. The summed E-state index contributed by atoms with van der Waals surface area (Å²) >= 11 is 0. The smallest absolute Gasteiger partial charge is 0.293 e. The van der Waals surface area contributed by atoms with Crippen LogP contribution in [0.1, 0.15) is 78.1 Å². The number of carbonyl (C=O) groups excluding carboxylic acids is 2. The lowest BCUT2D eigenvalue weighted by atomic mass is 10.0. The molecule has 0 fully saturated rings. The Morgan fingerprint density at radius 1 is 1.09 bits per heavy atom.